The van der Waals surface area contributed by atoms with Crippen molar-refractivity contribution in [2.75, 3.05) is 6.61 Å². The first-order valence-corrected chi connectivity index (χ1v) is 17.2. The number of hydrogen-bond acceptors (Lipinski definition) is 4. The maximum absolute atomic E-state index is 13.3. The van der Waals surface area contributed by atoms with Crippen molar-refractivity contribution in [2.24, 2.45) is 62.6 Å². The number of aliphatic hydroxyl groups is 1. The molecule has 5 saturated carbocycles. The molecule has 0 aromatic heterocycles. The molecule has 238 valence electrons. The molecule has 5 rings (SSSR count). The summed E-state index contributed by atoms with van der Waals surface area (Å²) in [5, 5.41) is 13.9. The second kappa shape index (κ2) is 10.6. The molecule has 11 atom stereocenters. The molecule has 0 aliphatic heterocycles. The van der Waals surface area contributed by atoms with Crippen molar-refractivity contribution in [2.45, 2.75) is 139 Å². The zero-order chi connectivity index (χ0) is 31.0. The molecule has 2 unspecified atom stereocenters. The minimum Gasteiger partial charge on any atom is -0.464 e. The number of rotatable bonds is 6. The average Bonchev–Trinajstić information content (AvgIpc) is 3.29. The van der Waals surface area contributed by atoms with Gasteiger partial charge in [0, 0.05) is 12.3 Å². The third-order valence-corrected chi connectivity index (χ3v) is 15.0. The van der Waals surface area contributed by atoms with E-state index in [4.69, 9.17) is 4.74 Å². The number of aliphatic hydroxyl groups excluding tert-OH is 1. The molecule has 0 saturated heterocycles. The number of carbonyl (C=O) groups is 2. The number of carbonyl (C=O) groups excluding carboxylic acids is 2. The number of ether oxygens (including phenoxy) is 1. The van der Waals surface area contributed by atoms with Gasteiger partial charge in [-0.1, -0.05) is 60.6 Å². The van der Waals surface area contributed by atoms with Gasteiger partial charge in [-0.05, 0) is 128 Å². The third kappa shape index (κ3) is 4.55. The molecule has 0 spiro atoms. The molecular formula is C37H61NO4. The lowest BCUT2D eigenvalue weighted by molar-refractivity contribution is -0.250. The largest absolute Gasteiger partial charge is 0.464 e. The van der Waals surface area contributed by atoms with E-state index in [1.54, 1.807) is 0 Å². The van der Waals surface area contributed by atoms with Gasteiger partial charge in [0.15, 0.2) is 0 Å². The summed E-state index contributed by atoms with van der Waals surface area (Å²) >= 11 is 0. The standard InChI is InChI=1S/C37H61NO4/c1-22(2)25-13-18-37(21-42-32(41)31(23(3)4)38-24(5)39)20-19-35(9)26(30(25)37)11-12-28-34(8)16-15-29(40)33(6,7)27(34)14-17-36(28,35)10/h23,25-31,40H,1,11-21H2,2-10H3,(H,38,39)/t25-,26?,27-,28+,29-,30+,31?,34-,35+,36+,37+/m0/s1. The zero-order valence-corrected chi connectivity index (χ0v) is 28.3. The summed E-state index contributed by atoms with van der Waals surface area (Å²) < 4.78 is 6.20. The van der Waals surface area contributed by atoms with Crippen LogP contribution in [0.15, 0.2) is 12.2 Å². The summed E-state index contributed by atoms with van der Waals surface area (Å²) in [6, 6.07) is -0.604. The van der Waals surface area contributed by atoms with Crippen LogP contribution < -0.4 is 5.32 Å². The number of hydrogen-bond donors (Lipinski definition) is 2. The zero-order valence-electron chi connectivity index (χ0n) is 28.3. The maximum Gasteiger partial charge on any atom is 0.328 e. The Morgan fingerprint density at radius 3 is 2.19 bits per heavy atom. The van der Waals surface area contributed by atoms with E-state index in [9.17, 15) is 14.7 Å². The Hall–Kier alpha value is -1.36. The molecule has 42 heavy (non-hydrogen) atoms. The highest BCUT2D eigenvalue weighted by Gasteiger charge is 2.71. The number of nitrogens with one attached hydrogen (secondary N) is 1. The average molecular weight is 584 g/mol. The van der Waals surface area contributed by atoms with E-state index < -0.39 is 6.04 Å². The molecule has 0 heterocycles. The van der Waals surface area contributed by atoms with Crippen molar-refractivity contribution >= 4 is 11.9 Å². The van der Waals surface area contributed by atoms with Crippen LogP contribution in [-0.4, -0.2) is 35.7 Å². The Kier molecular flexibility index (Phi) is 8.11. The summed E-state index contributed by atoms with van der Waals surface area (Å²) in [6.45, 7) is 25.1. The van der Waals surface area contributed by atoms with Crippen molar-refractivity contribution in [3.63, 3.8) is 0 Å². The van der Waals surface area contributed by atoms with Crippen LogP contribution in [0.1, 0.15) is 127 Å². The molecule has 0 aromatic carbocycles. The maximum atomic E-state index is 13.3. The molecule has 1 amide bonds. The number of esters is 1. The first-order valence-electron chi connectivity index (χ1n) is 17.2. The predicted molar refractivity (Wildman–Crippen MR) is 168 cm³/mol. The van der Waals surface area contributed by atoms with Crippen LogP contribution in [0.3, 0.4) is 0 Å². The van der Waals surface area contributed by atoms with E-state index >= 15 is 0 Å². The molecule has 5 heteroatoms. The van der Waals surface area contributed by atoms with E-state index in [0.717, 1.165) is 32.1 Å². The van der Waals surface area contributed by atoms with Crippen LogP contribution in [0.2, 0.25) is 0 Å². The lowest BCUT2D eigenvalue weighted by Crippen LogP contribution is -2.66. The Bertz CT molecular complexity index is 1100. The first-order chi connectivity index (χ1) is 19.4. The van der Waals surface area contributed by atoms with Gasteiger partial charge in [-0.15, -0.1) is 0 Å². The summed E-state index contributed by atoms with van der Waals surface area (Å²) in [7, 11) is 0. The monoisotopic (exact) mass is 583 g/mol. The van der Waals surface area contributed by atoms with Crippen LogP contribution >= 0.6 is 0 Å². The molecule has 0 aromatic rings. The Morgan fingerprint density at radius 2 is 1.57 bits per heavy atom. The highest BCUT2D eigenvalue weighted by Crippen LogP contribution is 2.77. The molecule has 5 aliphatic carbocycles. The molecule has 5 fully saturated rings. The summed E-state index contributed by atoms with van der Waals surface area (Å²) in [5.74, 6) is 2.29. The second-order valence-corrected chi connectivity index (χ2v) is 17.5. The fourth-order valence-corrected chi connectivity index (χ4v) is 12.5. The van der Waals surface area contributed by atoms with Crippen LogP contribution in [-0.2, 0) is 14.3 Å². The number of amides is 1. The Balaban J connectivity index is 1.45. The van der Waals surface area contributed by atoms with Crippen LogP contribution in [0.5, 0.6) is 0 Å². The van der Waals surface area contributed by atoms with Crippen molar-refractivity contribution in [1.29, 1.82) is 0 Å². The van der Waals surface area contributed by atoms with Gasteiger partial charge in [0.05, 0.1) is 12.7 Å². The van der Waals surface area contributed by atoms with Crippen LogP contribution in [0, 0.1) is 62.6 Å². The van der Waals surface area contributed by atoms with Gasteiger partial charge in [0.25, 0.3) is 0 Å². The summed E-state index contributed by atoms with van der Waals surface area (Å²) in [5.41, 5.74) is 2.02. The fourth-order valence-electron chi connectivity index (χ4n) is 12.5. The molecular weight excluding hydrogens is 522 g/mol. The van der Waals surface area contributed by atoms with Gasteiger partial charge >= 0.3 is 5.97 Å². The molecule has 0 radical (unpaired) electrons. The lowest BCUT2D eigenvalue weighted by Gasteiger charge is -2.73. The number of fused-ring (bicyclic) bond motifs is 7. The normalized spacial score (nSPS) is 46.5. The Morgan fingerprint density at radius 1 is 0.881 bits per heavy atom. The highest BCUT2D eigenvalue weighted by atomic mass is 16.5. The topological polar surface area (TPSA) is 75.6 Å². The highest BCUT2D eigenvalue weighted by molar-refractivity contribution is 5.83. The SMILES string of the molecule is C=C(C)[C@@H]1CC[C@]2(COC(=O)C(NC(C)=O)C(C)C)CC[C@]3(C)C(CC[C@@H]4[C@@]5(C)CC[C@H](O)C(C)(C)[C@@H]5CC[C@]43C)[C@@H]12. The van der Waals surface area contributed by atoms with Gasteiger partial charge in [-0.3, -0.25) is 4.79 Å². The van der Waals surface area contributed by atoms with E-state index in [1.165, 1.54) is 44.6 Å². The van der Waals surface area contributed by atoms with Crippen LogP contribution in [0.25, 0.3) is 0 Å². The third-order valence-electron chi connectivity index (χ3n) is 15.0. The van der Waals surface area contributed by atoms with Gasteiger partial charge < -0.3 is 15.2 Å². The minimum absolute atomic E-state index is 0.0115. The first kappa shape index (κ1) is 32.0. The smallest absolute Gasteiger partial charge is 0.328 e. The van der Waals surface area contributed by atoms with Gasteiger partial charge in [-0.25, -0.2) is 4.79 Å². The molecule has 2 N–H and O–H groups in total. The second-order valence-electron chi connectivity index (χ2n) is 17.5. The van der Waals surface area contributed by atoms with Gasteiger partial charge in [0.1, 0.15) is 6.04 Å². The van der Waals surface area contributed by atoms with Crippen LogP contribution in [0.4, 0.5) is 0 Å². The van der Waals surface area contributed by atoms with Gasteiger partial charge in [-0.2, -0.15) is 0 Å². The van der Waals surface area contributed by atoms with E-state index in [0.29, 0.717) is 36.2 Å². The van der Waals surface area contributed by atoms with Crippen molar-refractivity contribution < 1.29 is 19.4 Å². The Labute approximate surface area is 256 Å². The van der Waals surface area contributed by atoms with E-state index in [1.807, 2.05) is 13.8 Å². The number of allylic oxidation sites excluding steroid dienone is 1. The van der Waals surface area contributed by atoms with Crippen molar-refractivity contribution in [3.05, 3.63) is 12.2 Å². The molecule has 5 aliphatic rings. The van der Waals surface area contributed by atoms with Crippen molar-refractivity contribution in [1.82, 2.24) is 5.32 Å². The lowest BCUT2D eigenvalue weighted by atomic mass is 9.32. The summed E-state index contributed by atoms with van der Waals surface area (Å²) in [4.78, 5) is 25.1. The summed E-state index contributed by atoms with van der Waals surface area (Å²) in [6.07, 6.45) is 11.4. The van der Waals surface area contributed by atoms with Crippen molar-refractivity contribution in [3.8, 4) is 0 Å². The molecule has 0 bridgehead atoms. The van der Waals surface area contributed by atoms with E-state index in [2.05, 4.69) is 53.4 Å². The quantitative estimate of drug-likeness (QED) is 0.248. The molecule has 5 nitrogen and oxygen atoms in total. The predicted octanol–water partition coefficient (Wildman–Crippen LogP) is 7.71. The van der Waals surface area contributed by atoms with E-state index in [-0.39, 0.29) is 51.0 Å². The minimum atomic E-state index is -0.604. The van der Waals surface area contributed by atoms with Gasteiger partial charge in [0.2, 0.25) is 5.91 Å². The fraction of sp³-hybridized carbons (Fsp3) is 0.892.